The maximum Gasteiger partial charge on any atom is 0.315 e. The predicted molar refractivity (Wildman–Crippen MR) is 68.0 cm³/mol. The van der Waals surface area contributed by atoms with Gasteiger partial charge in [0.25, 0.3) is 0 Å². The van der Waals surface area contributed by atoms with Crippen LogP contribution in [0.25, 0.3) is 0 Å². The number of carbonyl (C=O) groups is 1. The summed E-state index contributed by atoms with van der Waals surface area (Å²) in [5.41, 5.74) is 1.25. The van der Waals surface area contributed by atoms with Crippen molar-refractivity contribution in [2.45, 2.75) is 18.9 Å². The molecule has 1 aromatic rings. The van der Waals surface area contributed by atoms with Crippen LogP contribution in [0.3, 0.4) is 0 Å². The minimum atomic E-state index is -0.0605. The molecule has 2 rings (SSSR count). The summed E-state index contributed by atoms with van der Waals surface area (Å²) in [6.07, 6.45) is 1.89. The lowest BCUT2D eigenvalue weighted by Crippen LogP contribution is -2.43. The highest BCUT2D eigenvalue weighted by molar-refractivity contribution is 5.74. The van der Waals surface area contributed by atoms with Crippen molar-refractivity contribution >= 4 is 6.03 Å². The lowest BCUT2D eigenvalue weighted by molar-refractivity contribution is 0.238. The fraction of sp³-hybridized carbons (Fsp3) is 0.462. The summed E-state index contributed by atoms with van der Waals surface area (Å²) >= 11 is 0. The monoisotopic (exact) mass is 233 g/mol. The minimum absolute atomic E-state index is 0.0605. The molecule has 1 aliphatic rings. The first-order valence-corrected chi connectivity index (χ1v) is 6.13. The van der Waals surface area contributed by atoms with Crippen LogP contribution in [-0.2, 0) is 6.42 Å². The summed E-state index contributed by atoms with van der Waals surface area (Å²) in [6, 6.07) is 10.4. The summed E-state index contributed by atoms with van der Waals surface area (Å²) in [5, 5.41) is 9.05. The molecule has 2 amide bonds. The molecule has 0 aromatic heterocycles. The van der Waals surface area contributed by atoms with Crippen molar-refractivity contribution in [2.75, 3.05) is 19.6 Å². The van der Waals surface area contributed by atoms with Gasteiger partial charge in [-0.25, -0.2) is 4.79 Å². The van der Waals surface area contributed by atoms with Gasteiger partial charge in [0, 0.05) is 19.1 Å². The Morgan fingerprint density at radius 1 is 1.35 bits per heavy atom. The predicted octanol–water partition coefficient (Wildman–Crippen LogP) is 0.890. The Morgan fingerprint density at radius 2 is 2.18 bits per heavy atom. The van der Waals surface area contributed by atoms with Gasteiger partial charge in [-0.1, -0.05) is 30.3 Å². The van der Waals surface area contributed by atoms with E-state index >= 15 is 0 Å². The van der Waals surface area contributed by atoms with E-state index in [1.807, 2.05) is 18.2 Å². The van der Waals surface area contributed by atoms with E-state index in [0.717, 1.165) is 25.9 Å². The third kappa shape index (κ3) is 4.07. The van der Waals surface area contributed by atoms with E-state index in [1.165, 1.54) is 5.56 Å². The van der Waals surface area contributed by atoms with Crippen molar-refractivity contribution in [1.82, 2.24) is 16.0 Å². The normalized spacial score (nSPS) is 18.9. The summed E-state index contributed by atoms with van der Waals surface area (Å²) in [7, 11) is 0. The zero-order valence-electron chi connectivity index (χ0n) is 9.91. The summed E-state index contributed by atoms with van der Waals surface area (Å²) in [6.45, 7) is 2.55. The van der Waals surface area contributed by atoms with Gasteiger partial charge in [0.1, 0.15) is 0 Å². The molecule has 0 unspecified atom stereocenters. The van der Waals surface area contributed by atoms with Crippen LogP contribution in [0.2, 0.25) is 0 Å². The third-order valence-electron chi connectivity index (χ3n) is 2.94. The van der Waals surface area contributed by atoms with Crippen LogP contribution in [-0.4, -0.2) is 31.7 Å². The van der Waals surface area contributed by atoms with Crippen LogP contribution in [0.4, 0.5) is 4.79 Å². The van der Waals surface area contributed by atoms with Gasteiger partial charge in [-0.2, -0.15) is 0 Å². The molecule has 3 N–H and O–H groups in total. The minimum Gasteiger partial charge on any atom is -0.338 e. The van der Waals surface area contributed by atoms with E-state index in [4.69, 9.17) is 0 Å². The molecular weight excluding hydrogens is 214 g/mol. The smallest absolute Gasteiger partial charge is 0.315 e. The molecule has 1 heterocycles. The molecule has 4 heteroatoms. The molecule has 1 saturated heterocycles. The van der Waals surface area contributed by atoms with E-state index in [9.17, 15) is 4.79 Å². The molecule has 4 nitrogen and oxygen atoms in total. The van der Waals surface area contributed by atoms with Crippen LogP contribution in [0.1, 0.15) is 12.0 Å². The van der Waals surface area contributed by atoms with Crippen molar-refractivity contribution in [3.8, 4) is 0 Å². The maximum atomic E-state index is 11.5. The SMILES string of the molecule is O=C(NCCc1ccccc1)N[C@@H]1CCNC1. The van der Waals surface area contributed by atoms with Gasteiger partial charge < -0.3 is 16.0 Å². The second-order valence-electron chi connectivity index (χ2n) is 4.33. The van der Waals surface area contributed by atoms with Crippen LogP contribution >= 0.6 is 0 Å². The zero-order valence-corrected chi connectivity index (χ0v) is 9.91. The first-order valence-electron chi connectivity index (χ1n) is 6.13. The molecule has 1 aliphatic heterocycles. The molecule has 0 spiro atoms. The topological polar surface area (TPSA) is 53.2 Å². The van der Waals surface area contributed by atoms with Gasteiger partial charge in [0.15, 0.2) is 0 Å². The van der Waals surface area contributed by atoms with Crippen LogP contribution in [0.15, 0.2) is 30.3 Å². The number of urea groups is 1. The summed E-state index contributed by atoms with van der Waals surface area (Å²) in [4.78, 5) is 11.5. The van der Waals surface area contributed by atoms with E-state index < -0.39 is 0 Å². The second-order valence-corrected chi connectivity index (χ2v) is 4.33. The van der Waals surface area contributed by atoms with Gasteiger partial charge in [-0.15, -0.1) is 0 Å². The van der Waals surface area contributed by atoms with E-state index in [2.05, 4.69) is 28.1 Å². The Hall–Kier alpha value is -1.55. The molecular formula is C13H19N3O. The van der Waals surface area contributed by atoms with Gasteiger partial charge >= 0.3 is 6.03 Å². The van der Waals surface area contributed by atoms with E-state index in [1.54, 1.807) is 0 Å². The zero-order chi connectivity index (χ0) is 11.9. The fourth-order valence-corrected chi connectivity index (χ4v) is 1.98. The van der Waals surface area contributed by atoms with Crippen molar-refractivity contribution in [1.29, 1.82) is 0 Å². The molecule has 92 valence electrons. The second kappa shape index (κ2) is 6.25. The average molecular weight is 233 g/mol. The van der Waals surface area contributed by atoms with Crippen LogP contribution in [0, 0.1) is 0 Å². The lowest BCUT2D eigenvalue weighted by Gasteiger charge is -2.12. The highest BCUT2D eigenvalue weighted by Crippen LogP contribution is 1.98. The fourth-order valence-electron chi connectivity index (χ4n) is 1.98. The Balaban J connectivity index is 1.63. The number of benzene rings is 1. The molecule has 1 fully saturated rings. The summed E-state index contributed by atoms with van der Waals surface area (Å²) < 4.78 is 0. The molecule has 17 heavy (non-hydrogen) atoms. The summed E-state index contributed by atoms with van der Waals surface area (Å²) in [5.74, 6) is 0. The van der Waals surface area contributed by atoms with Crippen LogP contribution in [0.5, 0.6) is 0 Å². The first kappa shape index (κ1) is 11.9. The van der Waals surface area contributed by atoms with E-state index in [-0.39, 0.29) is 12.1 Å². The molecule has 1 atom stereocenters. The van der Waals surface area contributed by atoms with Gasteiger partial charge in [-0.05, 0) is 24.9 Å². The number of nitrogens with one attached hydrogen (secondary N) is 3. The van der Waals surface area contributed by atoms with Crippen LogP contribution < -0.4 is 16.0 Å². The highest BCUT2D eigenvalue weighted by atomic mass is 16.2. The standard InChI is InChI=1S/C13H19N3O/c17-13(16-12-7-8-14-10-12)15-9-6-11-4-2-1-3-5-11/h1-5,12,14H,6-10H2,(H2,15,16,17)/t12-/m1/s1. The average Bonchev–Trinajstić information content (AvgIpc) is 2.83. The lowest BCUT2D eigenvalue weighted by atomic mass is 10.1. The molecule has 1 aromatic carbocycles. The quantitative estimate of drug-likeness (QED) is 0.723. The van der Waals surface area contributed by atoms with Crippen molar-refractivity contribution in [2.24, 2.45) is 0 Å². The Bertz CT molecular complexity index is 347. The Morgan fingerprint density at radius 3 is 2.88 bits per heavy atom. The van der Waals surface area contributed by atoms with Gasteiger partial charge in [0.2, 0.25) is 0 Å². The van der Waals surface area contributed by atoms with Crippen molar-refractivity contribution in [3.63, 3.8) is 0 Å². The van der Waals surface area contributed by atoms with Gasteiger partial charge in [-0.3, -0.25) is 0 Å². The molecule has 0 radical (unpaired) electrons. The van der Waals surface area contributed by atoms with E-state index in [0.29, 0.717) is 6.54 Å². The maximum absolute atomic E-state index is 11.5. The van der Waals surface area contributed by atoms with Crippen molar-refractivity contribution in [3.05, 3.63) is 35.9 Å². The first-order chi connectivity index (χ1) is 8.34. The number of hydrogen-bond donors (Lipinski definition) is 3. The molecule has 0 saturated carbocycles. The van der Waals surface area contributed by atoms with Crippen molar-refractivity contribution < 1.29 is 4.79 Å². The Labute approximate surface area is 102 Å². The Kier molecular flexibility index (Phi) is 4.38. The number of rotatable bonds is 4. The number of amides is 2. The number of hydrogen-bond acceptors (Lipinski definition) is 2. The van der Waals surface area contributed by atoms with Gasteiger partial charge in [0.05, 0.1) is 0 Å². The largest absolute Gasteiger partial charge is 0.338 e. The molecule has 0 aliphatic carbocycles. The third-order valence-corrected chi connectivity index (χ3v) is 2.94. The highest BCUT2D eigenvalue weighted by Gasteiger charge is 2.15. The molecule has 0 bridgehead atoms. The number of carbonyl (C=O) groups excluding carboxylic acids is 1.